The molecular weight excluding hydrogens is 298 g/mol. The van der Waals surface area contributed by atoms with Crippen LogP contribution in [0.3, 0.4) is 0 Å². The summed E-state index contributed by atoms with van der Waals surface area (Å²) in [5, 5.41) is 3.74. The van der Waals surface area contributed by atoms with Gasteiger partial charge in [-0.2, -0.15) is 0 Å². The summed E-state index contributed by atoms with van der Waals surface area (Å²) in [6.45, 7) is 3.00. The van der Waals surface area contributed by atoms with Crippen LogP contribution in [0.2, 0.25) is 0 Å². The molecule has 0 saturated carbocycles. The lowest BCUT2D eigenvalue weighted by molar-refractivity contribution is 0.184. The van der Waals surface area contributed by atoms with Gasteiger partial charge < -0.3 is 10.1 Å². The highest BCUT2D eigenvalue weighted by molar-refractivity contribution is 9.11. The first-order valence-corrected chi connectivity index (χ1v) is 8.03. The van der Waals surface area contributed by atoms with Crippen molar-refractivity contribution in [1.29, 1.82) is 0 Å². The molecule has 2 unspecified atom stereocenters. The minimum absolute atomic E-state index is 0.571. The summed E-state index contributed by atoms with van der Waals surface area (Å²) in [5.74, 6) is 0.724. The fourth-order valence-electron chi connectivity index (χ4n) is 2.79. The first-order valence-electron chi connectivity index (χ1n) is 6.42. The Morgan fingerprint density at radius 2 is 2.41 bits per heavy atom. The van der Waals surface area contributed by atoms with Crippen molar-refractivity contribution >= 4 is 27.3 Å². The van der Waals surface area contributed by atoms with Gasteiger partial charge in [0.1, 0.15) is 0 Å². The largest absolute Gasteiger partial charge is 0.381 e. The Balaban J connectivity index is 1.63. The molecular formula is C13H18BrNOS. The van der Waals surface area contributed by atoms with Gasteiger partial charge in [0.25, 0.3) is 0 Å². The van der Waals surface area contributed by atoms with Crippen LogP contribution in [0.1, 0.15) is 35.7 Å². The molecule has 1 fully saturated rings. The SMILES string of the molecule is Brc1cc2c(s1)CCCC2NCC1CCOC1. The molecule has 0 spiro atoms. The van der Waals surface area contributed by atoms with Crippen molar-refractivity contribution in [2.75, 3.05) is 19.8 Å². The summed E-state index contributed by atoms with van der Waals surface area (Å²) in [5.41, 5.74) is 1.53. The normalized spacial score (nSPS) is 28.3. The van der Waals surface area contributed by atoms with Gasteiger partial charge in [-0.15, -0.1) is 11.3 Å². The summed E-state index contributed by atoms with van der Waals surface area (Å²) in [6, 6.07) is 2.88. The maximum Gasteiger partial charge on any atom is 0.0704 e. The van der Waals surface area contributed by atoms with Crippen molar-refractivity contribution in [3.63, 3.8) is 0 Å². The fourth-order valence-corrected chi connectivity index (χ4v) is 4.61. The third-order valence-corrected chi connectivity index (χ3v) is 5.47. The predicted octanol–water partition coefficient (Wildman–Crippen LogP) is 3.51. The molecule has 1 aromatic heterocycles. The van der Waals surface area contributed by atoms with E-state index in [0.717, 1.165) is 25.7 Å². The molecule has 0 radical (unpaired) electrons. The quantitative estimate of drug-likeness (QED) is 0.921. The van der Waals surface area contributed by atoms with Crippen molar-refractivity contribution in [1.82, 2.24) is 5.32 Å². The van der Waals surface area contributed by atoms with Crippen LogP contribution in [0.25, 0.3) is 0 Å². The molecule has 2 heterocycles. The van der Waals surface area contributed by atoms with E-state index in [1.807, 2.05) is 11.3 Å². The van der Waals surface area contributed by atoms with Crippen molar-refractivity contribution in [2.45, 2.75) is 31.7 Å². The molecule has 2 nitrogen and oxygen atoms in total. The van der Waals surface area contributed by atoms with Gasteiger partial charge in [-0.3, -0.25) is 0 Å². The number of thiophene rings is 1. The smallest absolute Gasteiger partial charge is 0.0704 e. The van der Waals surface area contributed by atoms with Crippen LogP contribution in [0.15, 0.2) is 9.85 Å². The van der Waals surface area contributed by atoms with Crippen LogP contribution in [0, 0.1) is 5.92 Å². The lowest BCUT2D eigenvalue weighted by Gasteiger charge is -2.24. The first-order chi connectivity index (χ1) is 8.33. The Morgan fingerprint density at radius 1 is 1.47 bits per heavy atom. The van der Waals surface area contributed by atoms with Gasteiger partial charge in [-0.05, 0) is 59.2 Å². The van der Waals surface area contributed by atoms with Gasteiger partial charge >= 0.3 is 0 Å². The van der Waals surface area contributed by atoms with Crippen LogP contribution in [-0.4, -0.2) is 19.8 Å². The number of halogens is 1. The Labute approximate surface area is 115 Å². The maximum atomic E-state index is 5.43. The van der Waals surface area contributed by atoms with Gasteiger partial charge in [-0.25, -0.2) is 0 Å². The fraction of sp³-hybridized carbons (Fsp3) is 0.692. The van der Waals surface area contributed by atoms with E-state index >= 15 is 0 Å². The molecule has 0 amide bonds. The highest BCUT2D eigenvalue weighted by atomic mass is 79.9. The molecule has 1 aliphatic carbocycles. The highest BCUT2D eigenvalue weighted by Crippen LogP contribution is 2.38. The number of hydrogen-bond acceptors (Lipinski definition) is 3. The topological polar surface area (TPSA) is 21.3 Å². The Bertz CT molecular complexity index is 387. The molecule has 17 heavy (non-hydrogen) atoms. The van der Waals surface area contributed by atoms with Crippen molar-refractivity contribution < 1.29 is 4.74 Å². The molecule has 1 aliphatic heterocycles. The lowest BCUT2D eigenvalue weighted by Crippen LogP contribution is -2.29. The lowest BCUT2D eigenvalue weighted by atomic mass is 9.93. The molecule has 2 aliphatic rings. The second-order valence-electron chi connectivity index (χ2n) is 5.01. The molecule has 0 aromatic carbocycles. The zero-order valence-corrected chi connectivity index (χ0v) is 12.3. The number of nitrogens with one attached hydrogen (secondary N) is 1. The minimum Gasteiger partial charge on any atom is -0.381 e. The predicted molar refractivity (Wildman–Crippen MR) is 74.6 cm³/mol. The average molecular weight is 316 g/mol. The monoisotopic (exact) mass is 315 g/mol. The van der Waals surface area contributed by atoms with Gasteiger partial charge in [0, 0.05) is 24.1 Å². The summed E-state index contributed by atoms with van der Waals surface area (Å²) in [6.07, 6.45) is 5.08. The third-order valence-electron chi connectivity index (χ3n) is 3.76. The van der Waals surface area contributed by atoms with E-state index in [4.69, 9.17) is 4.74 Å². The zero-order chi connectivity index (χ0) is 11.7. The average Bonchev–Trinajstić information content (AvgIpc) is 2.93. The van der Waals surface area contributed by atoms with E-state index in [9.17, 15) is 0 Å². The Kier molecular flexibility index (Phi) is 3.85. The standard InChI is InChI=1S/C13H18BrNOS/c14-13-6-10-11(2-1-3-12(10)17-13)15-7-9-4-5-16-8-9/h6,9,11,15H,1-5,7-8H2. The Morgan fingerprint density at radius 3 is 3.24 bits per heavy atom. The maximum absolute atomic E-state index is 5.43. The van der Waals surface area contributed by atoms with Crippen LogP contribution >= 0.6 is 27.3 Å². The van der Waals surface area contributed by atoms with E-state index in [0.29, 0.717) is 6.04 Å². The number of rotatable bonds is 3. The second-order valence-corrected chi connectivity index (χ2v) is 7.53. The van der Waals surface area contributed by atoms with Crippen molar-refractivity contribution in [3.8, 4) is 0 Å². The highest BCUT2D eigenvalue weighted by Gasteiger charge is 2.24. The van der Waals surface area contributed by atoms with Crippen molar-refractivity contribution in [3.05, 3.63) is 20.3 Å². The van der Waals surface area contributed by atoms with E-state index in [1.165, 1.54) is 35.0 Å². The molecule has 0 bridgehead atoms. The summed E-state index contributed by atoms with van der Waals surface area (Å²) in [7, 11) is 0. The molecule has 94 valence electrons. The number of ether oxygens (including phenoxy) is 1. The van der Waals surface area contributed by atoms with Crippen LogP contribution in [0.4, 0.5) is 0 Å². The summed E-state index contributed by atoms with van der Waals surface area (Å²) in [4.78, 5) is 1.57. The minimum atomic E-state index is 0.571. The summed E-state index contributed by atoms with van der Waals surface area (Å²) >= 11 is 5.51. The molecule has 2 atom stereocenters. The van der Waals surface area contributed by atoms with Gasteiger partial charge in [0.05, 0.1) is 10.4 Å². The molecule has 1 aromatic rings. The van der Waals surface area contributed by atoms with E-state index in [2.05, 4.69) is 27.3 Å². The first kappa shape index (κ1) is 12.2. The van der Waals surface area contributed by atoms with Crippen LogP contribution in [-0.2, 0) is 11.2 Å². The molecule has 1 saturated heterocycles. The van der Waals surface area contributed by atoms with E-state index < -0.39 is 0 Å². The van der Waals surface area contributed by atoms with E-state index in [-0.39, 0.29) is 0 Å². The number of fused-ring (bicyclic) bond motifs is 1. The second kappa shape index (κ2) is 5.39. The Hall–Kier alpha value is 0.1000. The number of hydrogen-bond donors (Lipinski definition) is 1. The van der Waals surface area contributed by atoms with Gasteiger partial charge in [0.2, 0.25) is 0 Å². The molecule has 3 rings (SSSR count). The van der Waals surface area contributed by atoms with Crippen LogP contribution in [0.5, 0.6) is 0 Å². The third kappa shape index (κ3) is 2.75. The van der Waals surface area contributed by atoms with Gasteiger partial charge in [0.15, 0.2) is 0 Å². The van der Waals surface area contributed by atoms with Gasteiger partial charge in [-0.1, -0.05) is 0 Å². The summed E-state index contributed by atoms with van der Waals surface area (Å²) < 4.78 is 6.70. The number of aryl methyl sites for hydroxylation is 1. The molecule has 1 N–H and O–H groups in total. The van der Waals surface area contributed by atoms with E-state index in [1.54, 1.807) is 4.88 Å². The molecule has 4 heteroatoms. The van der Waals surface area contributed by atoms with Crippen molar-refractivity contribution in [2.24, 2.45) is 5.92 Å². The zero-order valence-electron chi connectivity index (χ0n) is 9.88. The van der Waals surface area contributed by atoms with Crippen LogP contribution < -0.4 is 5.32 Å².